The van der Waals surface area contributed by atoms with E-state index in [1.165, 1.54) is 24.3 Å². The van der Waals surface area contributed by atoms with Crippen LogP contribution in [0, 0.1) is 5.82 Å². The zero-order chi connectivity index (χ0) is 18.4. The molecule has 3 aromatic rings. The lowest BCUT2D eigenvalue weighted by atomic mass is 10.1. The second-order valence-electron chi connectivity index (χ2n) is 5.65. The highest BCUT2D eigenvalue weighted by Gasteiger charge is 2.16. The third-order valence-electron chi connectivity index (χ3n) is 3.70. The summed E-state index contributed by atoms with van der Waals surface area (Å²) in [5.41, 5.74) is 1.33. The SMILES string of the molecule is CCCCOc1cccc(C(=O)Nc2nonc2-c2ccc(F)cc2)c1. The molecular weight excluding hydrogens is 337 g/mol. The zero-order valence-corrected chi connectivity index (χ0v) is 14.2. The normalized spacial score (nSPS) is 10.5. The van der Waals surface area contributed by atoms with Crippen molar-refractivity contribution in [2.75, 3.05) is 11.9 Å². The average Bonchev–Trinajstić information content (AvgIpc) is 3.11. The molecule has 2 aromatic carbocycles. The van der Waals surface area contributed by atoms with Gasteiger partial charge in [0, 0.05) is 11.1 Å². The van der Waals surface area contributed by atoms with Gasteiger partial charge in [0.2, 0.25) is 5.82 Å². The van der Waals surface area contributed by atoms with Crippen molar-refractivity contribution in [1.82, 2.24) is 10.3 Å². The molecule has 134 valence electrons. The van der Waals surface area contributed by atoms with Crippen molar-refractivity contribution in [3.63, 3.8) is 0 Å². The molecule has 0 aliphatic heterocycles. The number of halogens is 1. The Bertz CT molecular complexity index is 878. The van der Waals surface area contributed by atoms with E-state index >= 15 is 0 Å². The maximum Gasteiger partial charge on any atom is 0.257 e. The van der Waals surface area contributed by atoms with Crippen LogP contribution in [-0.2, 0) is 0 Å². The van der Waals surface area contributed by atoms with Gasteiger partial charge in [-0.3, -0.25) is 4.79 Å². The number of rotatable bonds is 7. The first-order valence-corrected chi connectivity index (χ1v) is 8.30. The number of carbonyl (C=O) groups is 1. The van der Waals surface area contributed by atoms with Crippen LogP contribution in [0.25, 0.3) is 11.3 Å². The summed E-state index contributed by atoms with van der Waals surface area (Å²) in [6, 6.07) is 12.5. The lowest BCUT2D eigenvalue weighted by Gasteiger charge is -2.07. The van der Waals surface area contributed by atoms with E-state index in [-0.39, 0.29) is 17.5 Å². The number of hydrogen-bond donors (Lipinski definition) is 1. The molecule has 0 unspecified atom stereocenters. The monoisotopic (exact) mass is 355 g/mol. The molecule has 0 radical (unpaired) electrons. The number of carbonyl (C=O) groups excluding carboxylic acids is 1. The van der Waals surface area contributed by atoms with Crippen molar-refractivity contribution >= 4 is 11.7 Å². The number of benzene rings is 2. The van der Waals surface area contributed by atoms with Gasteiger partial charge in [-0.2, -0.15) is 0 Å². The van der Waals surface area contributed by atoms with Gasteiger partial charge in [-0.15, -0.1) is 0 Å². The highest BCUT2D eigenvalue weighted by molar-refractivity contribution is 6.05. The molecule has 0 saturated carbocycles. The zero-order valence-electron chi connectivity index (χ0n) is 14.2. The maximum atomic E-state index is 13.1. The number of ether oxygens (including phenoxy) is 1. The van der Waals surface area contributed by atoms with Crippen LogP contribution < -0.4 is 10.1 Å². The third-order valence-corrected chi connectivity index (χ3v) is 3.70. The van der Waals surface area contributed by atoms with Gasteiger partial charge in [0.05, 0.1) is 6.61 Å². The fourth-order valence-corrected chi connectivity index (χ4v) is 2.31. The minimum atomic E-state index is -0.370. The van der Waals surface area contributed by atoms with Gasteiger partial charge in [-0.1, -0.05) is 19.4 Å². The lowest BCUT2D eigenvalue weighted by molar-refractivity contribution is 0.102. The Balaban J connectivity index is 1.74. The van der Waals surface area contributed by atoms with E-state index in [0.717, 1.165) is 12.8 Å². The number of hydrogen-bond acceptors (Lipinski definition) is 5. The van der Waals surface area contributed by atoms with Crippen LogP contribution in [0.4, 0.5) is 10.2 Å². The smallest absolute Gasteiger partial charge is 0.257 e. The van der Waals surface area contributed by atoms with E-state index in [1.807, 2.05) is 0 Å². The molecule has 0 fully saturated rings. The molecular formula is C19H18FN3O3. The van der Waals surface area contributed by atoms with E-state index in [2.05, 4.69) is 22.6 Å². The number of nitrogens with one attached hydrogen (secondary N) is 1. The van der Waals surface area contributed by atoms with Gasteiger partial charge in [-0.25, -0.2) is 9.02 Å². The van der Waals surface area contributed by atoms with Crippen molar-refractivity contribution in [2.24, 2.45) is 0 Å². The minimum Gasteiger partial charge on any atom is -0.494 e. The molecule has 1 amide bonds. The van der Waals surface area contributed by atoms with Crippen LogP contribution in [0.5, 0.6) is 5.75 Å². The summed E-state index contributed by atoms with van der Waals surface area (Å²) in [5.74, 6) is 0.0581. The topological polar surface area (TPSA) is 77.2 Å². The van der Waals surface area contributed by atoms with Gasteiger partial charge in [-0.05, 0) is 59.2 Å². The fraction of sp³-hybridized carbons (Fsp3) is 0.211. The van der Waals surface area contributed by atoms with Gasteiger partial charge in [0.15, 0.2) is 5.69 Å². The molecule has 6 nitrogen and oxygen atoms in total. The van der Waals surface area contributed by atoms with Gasteiger partial charge >= 0.3 is 0 Å². The van der Waals surface area contributed by atoms with E-state index in [4.69, 9.17) is 9.37 Å². The van der Waals surface area contributed by atoms with E-state index in [9.17, 15) is 9.18 Å². The Labute approximate surface area is 149 Å². The van der Waals surface area contributed by atoms with Gasteiger partial charge < -0.3 is 10.1 Å². The Kier molecular flexibility index (Phi) is 5.58. The second-order valence-corrected chi connectivity index (χ2v) is 5.65. The molecule has 0 atom stereocenters. The first-order valence-electron chi connectivity index (χ1n) is 8.30. The predicted molar refractivity (Wildman–Crippen MR) is 94.5 cm³/mol. The van der Waals surface area contributed by atoms with Crippen LogP contribution in [0.2, 0.25) is 0 Å². The number of amides is 1. The van der Waals surface area contributed by atoms with Crippen molar-refractivity contribution in [3.05, 3.63) is 59.9 Å². The molecule has 7 heteroatoms. The van der Waals surface area contributed by atoms with Crippen LogP contribution >= 0.6 is 0 Å². The molecule has 26 heavy (non-hydrogen) atoms. The highest BCUT2D eigenvalue weighted by atomic mass is 19.1. The summed E-state index contributed by atoms with van der Waals surface area (Å²) >= 11 is 0. The minimum absolute atomic E-state index is 0.166. The molecule has 0 aliphatic carbocycles. The highest BCUT2D eigenvalue weighted by Crippen LogP contribution is 2.25. The lowest BCUT2D eigenvalue weighted by Crippen LogP contribution is -2.13. The van der Waals surface area contributed by atoms with Crippen molar-refractivity contribution in [1.29, 1.82) is 0 Å². The van der Waals surface area contributed by atoms with Crippen LogP contribution in [0.3, 0.4) is 0 Å². The van der Waals surface area contributed by atoms with Crippen molar-refractivity contribution < 1.29 is 18.6 Å². The number of anilines is 1. The van der Waals surface area contributed by atoms with Crippen LogP contribution in [0.1, 0.15) is 30.1 Å². The number of aromatic nitrogens is 2. The third kappa shape index (κ3) is 4.24. The Morgan fingerprint density at radius 1 is 1.19 bits per heavy atom. The largest absolute Gasteiger partial charge is 0.494 e. The summed E-state index contributed by atoms with van der Waals surface area (Å²) in [6.45, 7) is 2.68. The first-order chi connectivity index (χ1) is 12.7. The molecule has 1 aromatic heterocycles. The fourth-order valence-electron chi connectivity index (χ4n) is 2.31. The molecule has 0 bridgehead atoms. The first kappa shape index (κ1) is 17.6. The summed E-state index contributed by atoms with van der Waals surface area (Å²) in [7, 11) is 0. The van der Waals surface area contributed by atoms with Crippen LogP contribution in [0.15, 0.2) is 53.2 Å². The molecule has 1 N–H and O–H groups in total. The van der Waals surface area contributed by atoms with E-state index in [1.54, 1.807) is 24.3 Å². The molecule has 0 aliphatic rings. The standard InChI is InChI=1S/C19H18FN3O3/c1-2-3-11-25-16-6-4-5-14(12-16)19(24)21-18-17(22-26-23-18)13-7-9-15(20)10-8-13/h4-10,12H,2-3,11H2,1H3,(H,21,23,24). The van der Waals surface area contributed by atoms with Gasteiger partial charge in [0.25, 0.3) is 5.91 Å². The van der Waals surface area contributed by atoms with E-state index in [0.29, 0.717) is 29.2 Å². The molecule has 0 saturated heterocycles. The maximum absolute atomic E-state index is 13.1. The van der Waals surface area contributed by atoms with Crippen molar-refractivity contribution in [2.45, 2.75) is 19.8 Å². The Morgan fingerprint density at radius 3 is 2.77 bits per heavy atom. The summed E-state index contributed by atoms with van der Waals surface area (Å²) in [4.78, 5) is 12.5. The van der Waals surface area contributed by atoms with Crippen molar-refractivity contribution in [3.8, 4) is 17.0 Å². The van der Waals surface area contributed by atoms with Gasteiger partial charge in [0.1, 0.15) is 11.6 Å². The second kappa shape index (κ2) is 8.24. The predicted octanol–water partition coefficient (Wildman–Crippen LogP) is 4.31. The Hall–Kier alpha value is -3.22. The average molecular weight is 355 g/mol. The molecule has 3 rings (SSSR count). The summed E-state index contributed by atoms with van der Waals surface area (Å²) in [5, 5.41) is 10.2. The van der Waals surface area contributed by atoms with E-state index < -0.39 is 0 Å². The molecule has 1 heterocycles. The summed E-state index contributed by atoms with van der Waals surface area (Å²) < 4.78 is 23.4. The van der Waals surface area contributed by atoms with Crippen LogP contribution in [-0.4, -0.2) is 22.8 Å². The number of nitrogens with zero attached hydrogens (tertiary/aromatic N) is 2. The Morgan fingerprint density at radius 2 is 2.00 bits per heavy atom. The summed E-state index contributed by atoms with van der Waals surface area (Å²) in [6.07, 6.45) is 1.98. The quantitative estimate of drug-likeness (QED) is 0.639. The molecule has 0 spiro atoms. The number of unbranched alkanes of at least 4 members (excludes halogenated alkanes) is 1.